The van der Waals surface area contributed by atoms with Gasteiger partial charge in [0.2, 0.25) is 5.91 Å². The van der Waals surface area contributed by atoms with Gasteiger partial charge in [-0.3, -0.25) is 4.79 Å². The molecular weight excluding hydrogens is 248 g/mol. The van der Waals surface area contributed by atoms with Crippen LogP contribution in [0.15, 0.2) is 24.3 Å². The zero-order valence-electron chi connectivity index (χ0n) is 12.2. The lowest BCUT2D eigenvalue weighted by Gasteiger charge is -2.17. The Kier molecular flexibility index (Phi) is 4.06. The summed E-state index contributed by atoms with van der Waals surface area (Å²) in [4.78, 5) is 12.3. The van der Waals surface area contributed by atoms with E-state index in [9.17, 15) is 4.79 Å². The highest BCUT2D eigenvalue weighted by Gasteiger charge is 2.42. The summed E-state index contributed by atoms with van der Waals surface area (Å²) in [5.74, 6) is 1.52. The van der Waals surface area contributed by atoms with Crippen LogP contribution in [0.5, 0.6) is 0 Å². The molecule has 3 atom stereocenters. The van der Waals surface area contributed by atoms with E-state index in [1.54, 1.807) is 0 Å². The van der Waals surface area contributed by atoms with E-state index in [0.717, 1.165) is 25.4 Å². The van der Waals surface area contributed by atoms with Gasteiger partial charge in [-0.1, -0.05) is 30.7 Å². The Hall–Kier alpha value is -1.35. The highest BCUT2D eigenvalue weighted by molar-refractivity contribution is 5.82. The lowest BCUT2D eigenvalue weighted by molar-refractivity contribution is -0.123. The normalized spacial score (nSPS) is 28.4. The first-order valence-electron chi connectivity index (χ1n) is 7.81. The van der Waals surface area contributed by atoms with Gasteiger partial charge in [-0.2, -0.15) is 0 Å². The fourth-order valence-electron chi connectivity index (χ4n) is 3.80. The molecule has 0 bridgehead atoms. The van der Waals surface area contributed by atoms with E-state index in [4.69, 9.17) is 0 Å². The van der Waals surface area contributed by atoms with Gasteiger partial charge < -0.3 is 10.6 Å². The number of carbonyl (C=O) groups is 1. The minimum atomic E-state index is 0.0550. The third kappa shape index (κ3) is 2.73. The second-order valence-electron chi connectivity index (χ2n) is 6.21. The molecule has 108 valence electrons. The van der Waals surface area contributed by atoms with Crippen molar-refractivity contribution in [2.45, 2.75) is 38.6 Å². The number of carbonyl (C=O) groups excluding carboxylic acids is 1. The predicted octanol–water partition coefficient (Wildman–Crippen LogP) is 2.04. The van der Waals surface area contributed by atoms with Crippen molar-refractivity contribution in [3.8, 4) is 0 Å². The van der Waals surface area contributed by atoms with Gasteiger partial charge in [-0.05, 0) is 55.7 Å². The van der Waals surface area contributed by atoms with Crippen molar-refractivity contribution in [3.63, 3.8) is 0 Å². The molecule has 1 amide bonds. The molecule has 1 heterocycles. The summed E-state index contributed by atoms with van der Waals surface area (Å²) in [7, 11) is 0. The quantitative estimate of drug-likeness (QED) is 0.880. The molecule has 1 aliphatic carbocycles. The number of fused-ring (bicyclic) bond motifs is 1. The van der Waals surface area contributed by atoms with Crippen molar-refractivity contribution >= 4 is 5.91 Å². The lowest BCUT2D eigenvalue weighted by atomic mass is 9.93. The number of amides is 1. The van der Waals surface area contributed by atoms with E-state index in [1.165, 1.54) is 30.4 Å². The summed E-state index contributed by atoms with van der Waals surface area (Å²) in [6.07, 6.45) is 4.72. The predicted molar refractivity (Wildman–Crippen MR) is 80.5 cm³/mol. The van der Waals surface area contributed by atoms with Crippen LogP contribution in [0.3, 0.4) is 0 Å². The van der Waals surface area contributed by atoms with Crippen molar-refractivity contribution in [2.24, 2.45) is 11.8 Å². The van der Waals surface area contributed by atoms with Gasteiger partial charge >= 0.3 is 0 Å². The Bertz CT molecular complexity index is 486. The Balaban J connectivity index is 1.49. The molecule has 1 aromatic carbocycles. The maximum Gasteiger partial charge on any atom is 0.237 e. The monoisotopic (exact) mass is 272 g/mol. The van der Waals surface area contributed by atoms with Crippen molar-refractivity contribution in [1.82, 2.24) is 10.6 Å². The molecule has 20 heavy (non-hydrogen) atoms. The average Bonchev–Trinajstić information content (AvgIpc) is 3.03. The van der Waals surface area contributed by atoms with E-state index < -0.39 is 0 Å². The van der Waals surface area contributed by atoms with Crippen LogP contribution in [0.25, 0.3) is 0 Å². The first-order valence-corrected chi connectivity index (χ1v) is 7.81. The van der Waals surface area contributed by atoms with Crippen LogP contribution >= 0.6 is 0 Å². The standard InChI is InChI=1S/C17H24N2O/c1-12-5-2-3-6-13(12)9-10-18-17(20)16-15-8-4-7-14(15)11-19-16/h2-3,5-6,14-16,19H,4,7-11H2,1H3,(H,18,20). The SMILES string of the molecule is Cc1ccccc1CCNC(=O)C1NCC2CCCC21. The van der Waals surface area contributed by atoms with Crippen molar-refractivity contribution in [1.29, 1.82) is 0 Å². The second-order valence-corrected chi connectivity index (χ2v) is 6.21. The number of nitrogens with one attached hydrogen (secondary N) is 2. The van der Waals surface area contributed by atoms with E-state index in [2.05, 4.69) is 41.8 Å². The zero-order valence-corrected chi connectivity index (χ0v) is 12.2. The van der Waals surface area contributed by atoms with Gasteiger partial charge in [0.25, 0.3) is 0 Å². The molecule has 1 saturated carbocycles. The molecule has 2 fully saturated rings. The fourth-order valence-corrected chi connectivity index (χ4v) is 3.80. The fraction of sp³-hybridized carbons (Fsp3) is 0.588. The van der Waals surface area contributed by atoms with E-state index >= 15 is 0 Å². The molecule has 3 rings (SSSR count). The first-order chi connectivity index (χ1) is 9.75. The van der Waals surface area contributed by atoms with Gasteiger partial charge in [0.1, 0.15) is 0 Å². The number of aryl methyl sites for hydroxylation is 1. The van der Waals surface area contributed by atoms with E-state index in [1.807, 2.05) is 0 Å². The third-order valence-corrected chi connectivity index (χ3v) is 4.98. The molecular formula is C17H24N2O. The van der Waals surface area contributed by atoms with E-state index in [0.29, 0.717) is 5.92 Å². The van der Waals surface area contributed by atoms with Crippen LogP contribution in [0.2, 0.25) is 0 Å². The molecule has 1 aromatic rings. The summed E-state index contributed by atoms with van der Waals surface area (Å²) < 4.78 is 0. The number of hydrogen-bond donors (Lipinski definition) is 2. The molecule has 1 aliphatic heterocycles. The Morgan fingerprint density at radius 1 is 1.35 bits per heavy atom. The Morgan fingerprint density at radius 2 is 2.20 bits per heavy atom. The van der Waals surface area contributed by atoms with Crippen molar-refractivity contribution in [3.05, 3.63) is 35.4 Å². The minimum Gasteiger partial charge on any atom is -0.354 e. The summed E-state index contributed by atoms with van der Waals surface area (Å²) in [5, 5.41) is 6.52. The maximum absolute atomic E-state index is 12.3. The second kappa shape index (κ2) is 5.96. The molecule has 1 saturated heterocycles. The minimum absolute atomic E-state index is 0.0550. The summed E-state index contributed by atoms with van der Waals surface area (Å²) in [6.45, 7) is 3.89. The van der Waals surface area contributed by atoms with Gasteiger partial charge in [-0.25, -0.2) is 0 Å². The van der Waals surface area contributed by atoms with Gasteiger partial charge in [0, 0.05) is 6.54 Å². The van der Waals surface area contributed by atoms with Gasteiger partial charge in [-0.15, -0.1) is 0 Å². The molecule has 2 aliphatic rings. The molecule has 3 unspecified atom stereocenters. The number of hydrogen-bond acceptors (Lipinski definition) is 2. The van der Waals surface area contributed by atoms with Crippen LogP contribution in [-0.2, 0) is 11.2 Å². The zero-order chi connectivity index (χ0) is 13.9. The topological polar surface area (TPSA) is 41.1 Å². The molecule has 2 N–H and O–H groups in total. The van der Waals surface area contributed by atoms with Gasteiger partial charge in [0.15, 0.2) is 0 Å². The summed E-state index contributed by atoms with van der Waals surface area (Å²) in [6, 6.07) is 8.44. The van der Waals surface area contributed by atoms with E-state index in [-0.39, 0.29) is 11.9 Å². The third-order valence-electron chi connectivity index (χ3n) is 4.98. The molecule has 0 aromatic heterocycles. The first kappa shape index (κ1) is 13.6. The van der Waals surface area contributed by atoms with Crippen LogP contribution < -0.4 is 10.6 Å². The van der Waals surface area contributed by atoms with Crippen LogP contribution in [0.4, 0.5) is 0 Å². The Labute approximate surface area is 121 Å². The number of benzene rings is 1. The molecule has 0 radical (unpaired) electrons. The lowest BCUT2D eigenvalue weighted by Crippen LogP contribution is -2.44. The smallest absolute Gasteiger partial charge is 0.237 e. The largest absolute Gasteiger partial charge is 0.354 e. The summed E-state index contributed by atoms with van der Waals surface area (Å²) >= 11 is 0. The summed E-state index contributed by atoms with van der Waals surface area (Å²) in [5.41, 5.74) is 2.63. The highest BCUT2D eigenvalue weighted by Crippen LogP contribution is 2.37. The molecule has 3 nitrogen and oxygen atoms in total. The Morgan fingerprint density at radius 3 is 3.05 bits per heavy atom. The highest BCUT2D eigenvalue weighted by atomic mass is 16.2. The van der Waals surface area contributed by atoms with Crippen LogP contribution in [0.1, 0.15) is 30.4 Å². The van der Waals surface area contributed by atoms with Crippen molar-refractivity contribution < 1.29 is 4.79 Å². The van der Waals surface area contributed by atoms with Crippen molar-refractivity contribution in [2.75, 3.05) is 13.1 Å². The molecule has 3 heteroatoms. The maximum atomic E-state index is 12.3. The average molecular weight is 272 g/mol. The van der Waals surface area contributed by atoms with Crippen LogP contribution in [0, 0.1) is 18.8 Å². The molecule has 0 spiro atoms. The van der Waals surface area contributed by atoms with Gasteiger partial charge in [0.05, 0.1) is 6.04 Å². The van der Waals surface area contributed by atoms with Crippen LogP contribution in [-0.4, -0.2) is 25.0 Å². The number of rotatable bonds is 4.